The van der Waals surface area contributed by atoms with E-state index in [4.69, 9.17) is 4.98 Å². The standard InChI is InChI=1S/C22H26FN3OS2/c1-15-5-6-16(2)21-20(15)24-22(29-21)26(13-12-25(3)4)19(27)11-14-28-18-9-7-17(23)8-10-18/h5-10H,11-14H2,1-4H3. The first-order chi connectivity index (χ1) is 13.8. The van der Waals surface area contributed by atoms with Crippen molar-refractivity contribution in [2.45, 2.75) is 25.2 Å². The highest BCUT2D eigenvalue weighted by Crippen LogP contribution is 2.33. The number of anilines is 1. The molecule has 1 heterocycles. The third-order valence-electron chi connectivity index (χ3n) is 4.63. The number of thioether (sulfide) groups is 1. The number of nitrogens with zero attached hydrogens (tertiary/aromatic N) is 3. The zero-order chi connectivity index (χ0) is 21.0. The molecule has 0 fully saturated rings. The maximum Gasteiger partial charge on any atom is 0.229 e. The molecule has 0 saturated carbocycles. The Hall–Kier alpha value is -1.96. The number of hydrogen-bond donors (Lipinski definition) is 0. The van der Waals surface area contributed by atoms with Crippen molar-refractivity contribution in [1.29, 1.82) is 0 Å². The van der Waals surface area contributed by atoms with Crippen LogP contribution >= 0.6 is 23.1 Å². The Bertz CT molecular complexity index is 947. The fraction of sp³-hybridized carbons (Fsp3) is 0.364. The first kappa shape index (κ1) is 21.7. The van der Waals surface area contributed by atoms with Gasteiger partial charge >= 0.3 is 0 Å². The second-order valence-electron chi connectivity index (χ2n) is 7.27. The van der Waals surface area contributed by atoms with Gasteiger partial charge in [-0.1, -0.05) is 23.5 Å². The molecule has 0 aliphatic rings. The second kappa shape index (κ2) is 9.69. The van der Waals surface area contributed by atoms with Gasteiger partial charge in [-0.3, -0.25) is 9.69 Å². The number of aryl methyl sites for hydroxylation is 2. The fourth-order valence-corrected chi connectivity index (χ4v) is 4.91. The van der Waals surface area contributed by atoms with Crippen LogP contribution in [0.3, 0.4) is 0 Å². The molecule has 0 saturated heterocycles. The molecule has 2 aromatic carbocycles. The van der Waals surface area contributed by atoms with E-state index < -0.39 is 0 Å². The Morgan fingerprint density at radius 1 is 1.07 bits per heavy atom. The van der Waals surface area contributed by atoms with Gasteiger partial charge in [0.05, 0.1) is 10.2 Å². The summed E-state index contributed by atoms with van der Waals surface area (Å²) < 4.78 is 14.2. The van der Waals surface area contributed by atoms with Crippen molar-refractivity contribution in [3.05, 3.63) is 53.3 Å². The molecule has 0 unspecified atom stereocenters. The van der Waals surface area contributed by atoms with Crippen molar-refractivity contribution in [1.82, 2.24) is 9.88 Å². The highest BCUT2D eigenvalue weighted by atomic mass is 32.2. The number of carbonyl (C=O) groups excluding carboxylic acids is 1. The summed E-state index contributed by atoms with van der Waals surface area (Å²) in [5, 5.41) is 0.760. The van der Waals surface area contributed by atoms with Crippen LogP contribution in [0.5, 0.6) is 0 Å². The first-order valence-electron chi connectivity index (χ1n) is 9.55. The number of hydrogen-bond acceptors (Lipinski definition) is 5. The SMILES string of the molecule is Cc1ccc(C)c2sc(N(CCN(C)C)C(=O)CCSc3ccc(F)cc3)nc12. The van der Waals surface area contributed by atoms with Gasteiger partial charge in [-0.05, 0) is 63.3 Å². The van der Waals surface area contributed by atoms with Crippen LogP contribution < -0.4 is 4.90 Å². The molecule has 3 aromatic rings. The average molecular weight is 432 g/mol. The molecule has 0 spiro atoms. The van der Waals surface area contributed by atoms with Gasteiger partial charge in [0.2, 0.25) is 5.91 Å². The van der Waals surface area contributed by atoms with Crippen molar-refractivity contribution in [2.24, 2.45) is 0 Å². The number of aromatic nitrogens is 1. The number of carbonyl (C=O) groups is 1. The van der Waals surface area contributed by atoms with Crippen LogP contribution in [0.2, 0.25) is 0 Å². The predicted molar refractivity (Wildman–Crippen MR) is 122 cm³/mol. The van der Waals surface area contributed by atoms with Gasteiger partial charge in [0.25, 0.3) is 0 Å². The van der Waals surface area contributed by atoms with Crippen LogP contribution in [-0.2, 0) is 4.79 Å². The molecular formula is C22H26FN3OS2. The first-order valence-corrected chi connectivity index (χ1v) is 11.4. The summed E-state index contributed by atoms with van der Waals surface area (Å²) >= 11 is 3.15. The van der Waals surface area contributed by atoms with Crippen molar-refractivity contribution < 1.29 is 9.18 Å². The van der Waals surface area contributed by atoms with Crippen molar-refractivity contribution in [3.8, 4) is 0 Å². The van der Waals surface area contributed by atoms with E-state index in [9.17, 15) is 9.18 Å². The van der Waals surface area contributed by atoms with Gasteiger partial charge in [0.15, 0.2) is 5.13 Å². The summed E-state index contributed by atoms with van der Waals surface area (Å²) in [7, 11) is 4.00. The van der Waals surface area contributed by atoms with Gasteiger partial charge < -0.3 is 4.90 Å². The van der Waals surface area contributed by atoms with Crippen molar-refractivity contribution >= 4 is 44.4 Å². The second-order valence-corrected chi connectivity index (χ2v) is 9.42. The lowest BCUT2D eigenvalue weighted by atomic mass is 10.1. The van der Waals surface area contributed by atoms with E-state index in [2.05, 4.69) is 30.9 Å². The number of thiazole rings is 1. The lowest BCUT2D eigenvalue weighted by molar-refractivity contribution is -0.118. The highest BCUT2D eigenvalue weighted by Gasteiger charge is 2.20. The van der Waals surface area contributed by atoms with Crippen molar-refractivity contribution in [3.63, 3.8) is 0 Å². The van der Waals surface area contributed by atoms with E-state index in [0.29, 0.717) is 18.7 Å². The summed E-state index contributed by atoms with van der Waals surface area (Å²) in [5.41, 5.74) is 3.29. The summed E-state index contributed by atoms with van der Waals surface area (Å²) in [4.78, 5) is 22.7. The van der Waals surface area contributed by atoms with Crippen LogP contribution in [0.4, 0.5) is 9.52 Å². The highest BCUT2D eigenvalue weighted by molar-refractivity contribution is 7.99. The normalized spacial score (nSPS) is 11.4. The van der Waals surface area contributed by atoms with Gasteiger partial charge in [-0.15, -0.1) is 11.8 Å². The topological polar surface area (TPSA) is 36.4 Å². The maximum atomic E-state index is 13.0. The molecule has 3 rings (SSSR count). The van der Waals surface area contributed by atoms with E-state index >= 15 is 0 Å². The molecule has 29 heavy (non-hydrogen) atoms. The van der Waals surface area contributed by atoms with Gasteiger partial charge in [0.1, 0.15) is 5.82 Å². The quantitative estimate of drug-likeness (QED) is 0.463. The minimum absolute atomic E-state index is 0.0656. The molecule has 154 valence electrons. The Balaban J connectivity index is 1.75. The molecule has 1 amide bonds. The number of fused-ring (bicyclic) bond motifs is 1. The summed E-state index contributed by atoms with van der Waals surface area (Å²) in [6.07, 6.45) is 0.406. The van der Waals surface area contributed by atoms with Crippen LogP contribution in [-0.4, -0.2) is 48.7 Å². The zero-order valence-corrected chi connectivity index (χ0v) is 18.9. The lowest BCUT2D eigenvalue weighted by Gasteiger charge is -2.22. The largest absolute Gasteiger partial charge is 0.308 e. The van der Waals surface area contributed by atoms with Crippen LogP contribution in [0.25, 0.3) is 10.2 Å². The van der Waals surface area contributed by atoms with E-state index in [1.807, 2.05) is 19.0 Å². The van der Waals surface area contributed by atoms with Gasteiger partial charge in [0, 0.05) is 30.2 Å². The zero-order valence-electron chi connectivity index (χ0n) is 17.2. The molecule has 0 aliphatic heterocycles. The summed E-state index contributed by atoms with van der Waals surface area (Å²) in [6.45, 7) is 5.50. The minimum atomic E-state index is -0.248. The summed E-state index contributed by atoms with van der Waals surface area (Å²) in [6, 6.07) is 10.6. The third kappa shape index (κ3) is 5.56. The number of likely N-dealkylation sites (N-methyl/N-ethyl adjacent to an activating group) is 1. The van der Waals surface area contributed by atoms with E-state index in [1.54, 1.807) is 35.2 Å². The molecule has 0 bridgehead atoms. The Morgan fingerprint density at radius 3 is 2.41 bits per heavy atom. The smallest absolute Gasteiger partial charge is 0.229 e. The molecule has 0 radical (unpaired) electrons. The van der Waals surface area contributed by atoms with Gasteiger partial charge in [-0.25, -0.2) is 9.37 Å². The molecule has 0 N–H and O–H groups in total. The average Bonchev–Trinajstić information content (AvgIpc) is 3.13. The lowest BCUT2D eigenvalue weighted by Crippen LogP contribution is -2.36. The Labute approximate surface area is 179 Å². The molecule has 4 nitrogen and oxygen atoms in total. The molecule has 0 atom stereocenters. The van der Waals surface area contributed by atoms with Gasteiger partial charge in [-0.2, -0.15) is 0 Å². The monoisotopic (exact) mass is 431 g/mol. The molecule has 7 heteroatoms. The Kier molecular flexibility index (Phi) is 7.27. The fourth-order valence-electron chi connectivity index (χ4n) is 2.91. The van der Waals surface area contributed by atoms with E-state index in [1.165, 1.54) is 17.7 Å². The summed E-state index contributed by atoms with van der Waals surface area (Å²) in [5.74, 6) is 0.462. The third-order valence-corrected chi connectivity index (χ3v) is 6.86. The molecule has 1 aromatic heterocycles. The minimum Gasteiger partial charge on any atom is -0.308 e. The number of amides is 1. The number of rotatable bonds is 8. The Morgan fingerprint density at radius 2 is 1.76 bits per heavy atom. The predicted octanol–water partition coefficient (Wildman–Crippen LogP) is 5.13. The van der Waals surface area contributed by atoms with Crippen LogP contribution in [0.1, 0.15) is 17.5 Å². The van der Waals surface area contributed by atoms with Crippen LogP contribution in [0.15, 0.2) is 41.3 Å². The van der Waals surface area contributed by atoms with E-state index in [0.717, 1.165) is 32.4 Å². The molecule has 0 aliphatic carbocycles. The number of halogens is 1. The van der Waals surface area contributed by atoms with Crippen LogP contribution in [0, 0.1) is 19.7 Å². The molecular weight excluding hydrogens is 405 g/mol. The van der Waals surface area contributed by atoms with E-state index in [-0.39, 0.29) is 11.7 Å². The van der Waals surface area contributed by atoms with Crippen molar-refractivity contribution in [2.75, 3.05) is 37.8 Å². The number of benzene rings is 2. The maximum absolute atomic E-state index is 13.0.